The van der Waals surface area contributed by atoms with Crippen molar-refractivity contribution in [3.8, 4) is 0 Å². The van der Waals surface area contributed by atoms with Crippen molar-refractivity contribution in [3.05, 3.63) is 92.0 Å². The Morgan fingerprint density at radius 1 is 0.882 bits per heavy atom. The van der Waals surface area contributed by atoms with Gasteiger partial charge in [-0.2, -0.15) is 5.01 Å². The van der Waals surface area contributed by atoms with Crippen molar-refractivity contribution in [3.63, 3.8) is 0 Å². The van der Waals surface area contributed by atoms with Crippen molar-refractivity contribution in [2.24, 2.45) is 23.7 Å². The van der Waals surface area contributed by atoms with E-state index in [0.29, 0.717) is 6.42 Å². The Hall–Kier alpha value is -4.41. The molecule has 2 aromatic rings. The van der Waals surface area contributed by atoms with Crippen molar-refractivity contribution >= 4 is 29.1 Å². The highest BCUT2D eigenvalue weighted by Crippen LogP contribution is 2.53. The number of fused-ring (bicyclic) bond motifs is 5. The second kappa shape index (κ2) is 7.87. The predicted molar refractivity (Wildman–Crippen MR) is 116 cm³/mol. The number of imide groups is 1. The summed E-state index contributed by atoms with van der Waals surface area (Å²) >= 11 is 0. The number of nitro benzene ring substituents is 2. The van der Waals surface area contributed by atoms with E-state index in [1.807, 2.05) is 12.2 Å². The average molecular weight is 462 g/mol. The smallest absolute Gasteiger partial charge is 0.272 e. The highest BCUT2D eigenvalue weighted by molar-refractivity contribution is 6.09. The zero-order valence-electron chi connectivity index (χ0n) is 17.6. The first kappa shape index (κ1) is 21.4. The fraction of sp³-hybridized carbons (Fsp3) is 0.261. The first-order valence-corrected chi connectivity index (χ1v) is 10.6. The number of nitrogens with zero attached hydrogens (tertiary/aromatic N) is 4. The van der Waals surface area contributed by atoms with Gasteiger partial charge in [-0.3, -0.25) is 34.6 Å². The molecule has 1 saturated carbocycles. The molecule has 1 saturated heterocycles. The molecule has 1 heterocycles. The van der Waals surface area contributed by atoms with E-state index >= 15 is 0 Å². The molecule has 34 heavy (non-hydrogen) atoms. The Morgan fingerprint density at radius 3 is 2.00 bits per heavy atom. The van der Waals surface area contributed by atoms with Gasteiger partial charge in [0.05, 0.1) is 33.8 Å². The standard InChI is InChI=1S/C23H18N4O7/c28-21(16-6-2-4-8-18(16)27(33)34)24(12-15-5-1-3-7-17(15)26(31)32)25-22(29)19-13-9-10-14(11-13)20(19)23(25)30/h1-10,13-14,19-20H,11-12H2/t13-,14-,19-,20-/m0/s1. The third-order valence-corrected chi connectivity index (χ3v) is 6.76. The third kappa shape index (κ3) is 3.16. The number of amides is 3. The molecule has 0 radical (unpaired) electrons. The zero-order chi connectivity index (χ0) is 24.1. The van der Waals surface area contributed by atoms with E-state index in [2.05, 4.69) is 0 Å². The molecule has 2 fully saturated rings. The Balaban J connectivity index is 1.60. The molecule has 2 aliphatic carbocycles. The Labute approximate surface area is 192 Å². The van der Waals surface area contributed by atoms with Crippen LogP contribution in [0.25, 0.3) is 0 Å². The van der Waals surface area contributed by atoms with Crippen LogP contribution in [-0.4, -0.2) is 37.6 Å². The summed E-state index contributed by atoms with van der Waals surface area (Å²) in [6.45, 7) is -0.484. The number of para-hydroxylation sites is 2. The topological polar surface area (TPSA) is 144 Å². The Kier molecular flexibility index (Phi) is 4.96. The fourth-order valence-corrected chi connectivity index (χ4v) is 5.29. The van der Waals surface area contributed by atoms with Gasteiger partial charge in [0.15, 0.2) is 0 Å². The van der Waals surface area contributed by atoms with E-state index in [9.17, 15) is 34.6 Å². The Morgan fingerprint density at radius 2 is 1.41 bits per heavy atom. The molecule has 11 heteroatoms. The van der Waals surface area contributed by atoms with E-state index < -0.39 is 51.6 Å². The van der Waals surface area contributed by atoms with Crippen LogP contribution in [0.15, 0.2) is 60.7 Å². The van der Waals surface area contributed by atoms with E-state index in [4.69, 9.17) is 0 Å². The van der Waals surface area contributed by atoms with Gasteiger partial charge in [-0.05, 0) is 24.3 Å². The van der Waals surface area contributed by atoms with E-state index in [0.717, 1.165) is 16.1 Å². The van der Waals surface area contributed by atoms with Gasteiger partial charge < -0.3 is 0 Å². The second-order valence-electron chi connectivity index (χ2n) is 8.51. The molecular formula is C23H18N4O7. The average Bonchev–Trinajstić information content (AvgIpc) is 3.51. The number of hydrogen-bond donors (Lipinski definition) is 0. The fourth-order valence-electron chi connectivity index (χ4n) is 5.29. The monoisotopic (exact) mass is 462 g/mol. The maximum Gasteiger partial charge on any atom is 0.282 e. The summed E-state index contributed by atoms with van der Waals surface area (Å²) in [5.41, 5.74) is -1.05. The van der Waals surface area contributed by atoms with Gasteiger partial charge in [-0.1, -0.05) is 42.5 Å². The minimum absolute atomic E-state index is 0.0817. The van der Waals surface area contributed by atoms with Crippen LogP contribution < -0.4 is 0 Å². The van der Waals surface area contributed by atoms with Crippen LogP contribution in [0.2, 0.25) is 0 Å². The summed E-state index contributed by atoms with van der Waals surface area (Å²) in [5.74, 6) is -3.58. The molecule has 11 nitrogen and oxygen atoms in total. The number of carbonyl (C=O) groups excluding carboxylic acids is 3. The van der Waals surface area contributed by atoms with Crippen molar-refractivity contribution < 1.29 is 24.2 Å². The van der Waals surface area contributed by atoms with Gasteiger partial charge in [0, 0.05) is 12.1 Å². The maximum atomic E-state index is 13.6. The van der Waals surface area contributed by atoms with Gasteiger partial charge >= 0.3 is 0 Å². The second-order valence-corrected chi connectivity index (χ2v) is 8.51. The molecular weight excluding hydrogens is 444 g/mol. The Bertz CT molecular complexity index is 1260. The van der Waals surface area contributed by atoms with Crippen LogP contribution in [-0.2, 0) is 16.1 Å². The molecule has 0 N–H and O–H groups in total. The first-order chi connectivity index (χ1) is 16.3. The minimum atomic E-state index is -0.965. The molecule has 0 spiro atoms. The van der Waals surface area contributed by atoms with Crippen molar-refractivity contribution in [2.75, 3.05) is 0 Å². The molecule has 2 aromatic carbocycles. The zero-order valence-corrected chi connectivity index (χ0v) is 17.6. The van der Waals surface area contributed by atoms with Crippen LogP contribution in [0.1, 0.15) is 22.3 Å². The summed E-state index contributed by atoms with van der Waals surface area (Å²) in [5, 5.41) is 24.7. The summed E-state index contributed by atoms with van der Waals surface area (Å²) in [4.78, 5) is 62.2. The minimum Gasteiger partial charge on any atom is -0.272 e. The lowest BCUT2D eigenvalue weighted by Crippen LogP contribution is -2.50. The lowest BCUT2D eigenvalue weighted by molar-refractivity contribution is -0.385. The largest absolute Gasteiger partial charge is 0.282 e. The third-order valence-electron chi connectivity index (χ3n) is 6.76. The van der Waals surface area contributed by atoms with Crippen LogP contribution >= 0.6 is 0 Å². The molecule has 4 atom stereocenters. The SMILES string of the molecule is O=C(c1ccccc1[N+](=O)[O-])N(Cc1ccccc1[N+](=O)[O-])N1C(=O)[C@@H]2[C@@H](C1=O)[C@H]1C=C[C@H]2C1. The number of nitro groups is 2. The number of allylic oxidation sites excluding steroid dienone is 2. The molecule has 5 rings (SSSR count). The number of benzene rings is 2. The molecule has 2 bridgehead atoms. The van der Waals surface area contributed by atoms with Crippen LogP contribution in [0.4, 0.5) is 11.4 Å². The van der Waals surface area contributed by atoms with Crippen LogP contribution in [0.5, 0.6) is 0 Å². The molecule has 0 aromatic heterocycles. The van der Waals surface area contributed by atoms with Gasteiger partial charge in [0.25, 0.3) is 29.1 Å². The lowest BCUT2D eigenvalue weighted by Gasteiger charge is -2.31. The summed E-state index contributed by atoms with van der Waals surface area (Å²) < 4.78 is 0. The van der Waals surface area contributed by atoms with Gasteiger partial charge in [0.1, 0.15) is 5.56 Å². The molecule has 0 unspecified atom stereocenters. The summed E-state index contributed by atoms with van der Waals surface area (Å²) in [6, 6.07) is 10.8. The number of hydrazine groups is 1. The molecule has 172 valence electrons. The van der Waals surface area contributed by atoms with Crippen molar-refractivity contribution in [1.82, 2.24) is 10.0 Å². The molecule has 1 aliphatic heterocycles. The maximum absolute atomic E-state index is 13.6. The number of hydrogen-bond acceptors (Lipinski definition) is 7. The summed E-state index contributed by atoms with van der Waals surface area (Å²) in [7, 11) is 0. The van der Waals surface area contributed by atoms with Gasteiger partial charge in [-0.25, -0.2) is 5.01 Å². The lowest BCUT2D eigenvalue weighted by atomic mass is 9.85. The quantitative estimate of drug-likeness (QED) is 0.278. The van der Waals surface area contributed by atoms with Gasteiger partial charge in [0.2, 0.25) is 0 Å². The van der Waals surface area contributed by atoms with Crippen molar-refractivity contribution in [1.29, 1.82) is 0 Å². The summed E-state index contributed by atoms with van der Waals surface area (Å²) in [6.07, 6.45) is 4.48. The molecule has 3 aliphatic rings. The first-order valence-electron chi connectivity index (χ1n) is 10.6. The van der Waals surface area contributed by atoms with E-state index in [-0.39, 0.29) is 28.7 Å². The predicted octanol–water partition coefficient (Wildman–Crippen LogP) is 2.87. The van der Waals surface area contributed by atoms with E-state index in [1.165, 1.54) is 42.5 Å². The van der Waals surface area contributed by atoms with Crippen LogP contribution in [0, 0.1) is 43.9 Å². The molecule has 3 amide bonds. The normalized spacial score (nSPS) is 24.4. The number of carbonyl (C=O) groups is 3. The van der Waals surface area contributed by atoms with Crippen LogP contribution in [0.3, 0.4) is 0 Å². The van der Waals surface area contributed by atoms with Crippen molar-refractivity contribution in [2.45, 2.75) is 13.0 Å². The van der Waals surface area contributed by atoms with E-state index in [1.54, 1.807) is 0 Å². The number of rotatable bonds is 6. The highest BCUT2D eigenvalue weighted by Gasteiger charge is 2.61. The van der Waals surface area contributed by atoms with Gasteiger partial charge in [-0.15, -0.1) is 0 Å². The highest BCUT2D eigenvalue weighted by atomic mass is 16.6.